The fourth-order valence-corrected chi connectivity index (χ4v) is 3.16. The minimum absolute atomic E-state index is 0.0289. The molecule has 2 atom stereocenters. The van der Waals surface area contributed by atoms with Gasteiger partial charge in [0.2, 0.25) is 10.0 Å². The average molecular weight is 162 g/mol. The smallest absolute Gasteiger partial charge is 0.213 e. The van der Waals surface area contributed by atoms with Crippen molar-refractivity contribution >= 4 is 10.0 Å². The summed E-state index contributed by atoms with van der Waals surface area (Å²) in [7, 11) is -0.969. The molecule has 5 heteroatoms. The van der Waals surface area contributed by atoms with Gasteiger partial charge in [0.1, 0.15) is 0 Å². The molecule has 2 saturated heterocycles. The normalized spacial score (nSPS) is 49.9. The molecular weight excluding hydrogens is 152 g/mol. The third-order valence-electron chi connectivity index (χ3n) is 2.32. The molecule has 2 fully saturated rings. The van der Waals surface area contributed by atoms with Crippen molar-refractivity contribution in [3.05, 3.63) is 0 Å². The minimum atomic E-state index is -2.92. The number of nitrogens with zero attached hydrogens (tertiary/aromatic N) is 1. The van der Waals surface area contributed by atoms with Crippen LogP contribution in [0, 0.1) is 0 Å². The maximum absolute atomic E-state index is 10.9. The zero-order valence-electron chi connectivity index (χ0n) is 5.79. The Morgan fingerprint density at radius 2 is 2.20 bits per heavy atom. The number of nitrogens with one attached hydrogen (secondary N) is 1. The van der Waals surface area contributed by atoms with E-state index in [1.807, 2.05) is 7.05 Å². The van der Waals surface area contributed by atoms with Crippen LogP contribution in [-0.2, 0) is 10.0 Å². The summed E-state index contributed by atoms with van der Waals surface area (Å²) in [5, 5.41) is 0. The molecule has 0 aliphatic carbocycles. The second-order valence-corrected chi connectivity index (χ2v) is 4.97. The lowest BCUT2D eigenvalue weighted by Crippen LogP contribution is -2.22. The predicted octanol–water partition coefficient (Wildman–Crippen LogP) is -1.40. The maximum Gasteiger partial charge on any atom is 0.213 e. The van der Waals surface area contributed by atoms with Gasteiger partial charge in [0.15, 0.2) is 0 Å². The highest BCUT2D eigenvalue weighted by molar-refractivity contribution is 7.89. The van der Waals surface area contributed by atoms with Crippen molar-refractivity contribution in [3.63, 3.8) is 0 Å². The quantitative estimate of drug-likeness (QED) is 0.446. The van der Waals surface area contributed by atoms with Gasteiger partial charge in [-0.1, -0.05) is 0 Å². The second kappa shape index (κ2) is 1.54. The Hall–Kier alpha value is -0.130. The minimum Gasteiger partial charge on any atom is -0.295 e. The van der Waals surface area contributed by atoms with Crippen LogP contribution in [0.3, 0.4) is 0 Å². The zero-order chi connectivity index (χ0) is 7.41. The molecule has 0 amide bonds. The fourth-order valence-electron chi connectivity index (χ4n) is 1.45. The Balaban J connectivity index is 2.22. The highest BCUT2D eigenvalue weighted by atomic mass is 32.2. The van der Waals surface area contributed by atoms with E-state index in [9.17, 15) is 8.42 Å². The molecule has 0 aromatic heterocycles. The van der Waals surface area contributed by atoms with Crippen molar-refractivity contribution in [2.24, 2.45) is 0 Å². The SMILES string of the molecule is CN1CC12CNS(=O)(=O)C2. The molecule has 0 aromatic carbocycles. The molecule has 2 rings (SSSR count). The standard InChI is InChI=1S/C5H10N2O2S/c1-7-3-5(7)2-6-10(8,9)4-5/h6H,2-4H2,1H3. The molecule has 0 saturated carbocycles. The number of hydrogen-bond acceptors (Lipinski definition) is 3. The Bertz CT molecular complexity index is 261. The summed E-state index contributed by atoms with van der Waals surface area (Å²) in [6, 6.07) is 0. The van der Waals surface area contributed by atoms with E-state index in [0.717, 1.165) is 6.54 Å². The van der Waals surface area contributed by atoms with Gasteiger partial charge in [-0.3, -0.25) is 4.90 Å². The fraction of sp³-hybridized carbons (Fsp3) is 1.00. The van der Waals surface area contributed by atoms with E-state index in [2.05, 4.69) is 9.62 Å². The van der Waals surface area contributed by atoms with E-state index in [0.29, 0.717) is 6.54 Å². The number of likely N-dealkylation sites (N-methyl/N-ethyl adjacent to an activating group) is 1. The molecule has 0 aromatic rings. The second-order valence-electron chi connectivity index (χ2n) is 3.16. The van der Waals surface area contributed by atoms with E-state index in [4.69, 9.17) is 0 Å². The molecule has 2 aliphatic rings. The van der Waals surface area contributed by atoms with Crippen molar-refractivity contribution in [3.8, 4) is 0 Å². The summed E-state index contributed by atoms with van der Waals surface area (Å²) >= 11 is 0. The Kier molecular flexibility index (Phi) is 1.01. The first-order valence-electron chi connectivity index (χ1n) is 3.23. The van der Waals surface area contributed by atoms with Crippen LogP contribution < -0.4 is 4.72 Å². The van der Waals surface area contributed by atoms with E-state index in [1.54, 1.807) is 0 Å². The molecule has 2 unspecified atom stereocenters. The van der Waals surface area contributed by atoms with Crippen LogP contribution in [0.5, 0.6) is 0 Å². The van der Waals surface area contributed by atoms with Gasteiger partial charge < -0.3 is 0 Å². The van der Waals surface area contributed by atoms with Crippen molar-refractivity contribution in [2.75, 3.05) is 25.9 Å². The molecule has 10 heavy (non-hydrogen) atoms. The molecule has 2 aliphatic heterocycles. The van der Waals surface area contributed by atoms with Gasteiger partial charge in [-0.05, 0) is 7.05 Å². The molecule has 4 nitrogen and oxygen atoms in total. The van der Waals surface area contributed by atoms with Crippen LogP contribution >= 0.6 is 0 Å². The topological polar surface area (TPSA) is 49.2 Å². The van der Waals surface area contributed by atoms with Crippen LogP contribution in [0.2, 0.25) is 0 Å². The van der Waals surface area contributed by atoms with Crippen molar-refractivity contribution in [1.29, 1.82) is 0 Å². The lowest BCUT2D eigenvalue weighted by atomic mass is 10.2. The summed E-state index contributed by atoms with van der Waals surface area (Å²) in [5.41, 5.74) is -0.0289. The highest BCUT2D eigenvalue weighted by Gasteiger charge is 2.56. The molecule has 2 heterocycles. The molecular formula is C5H10N2O2S. The predicted molar refractivity (Wildman–Crippen MR) is 37.2 cm³/mol. The largest absolute Gasteiger partial charge is 0.295 e. The lowest BCUT2D eigenvalue weighted by Gasteiger charge is -1.99. The van der Waals surface area contributed by atoms with E-state index < -0.39 is 10.0 Å². The maximum atomic E-state index is 10.9. The Labute approximate surface area is 60.3 Å². The van der Waals surface area contributed by atoms with E-state index in [1.165, 1.54) is 0 Å². The highest BCUT2D eigenvalue weighted by Crippen LogP contribution is 2.34. The third kappa shape index (κ3) is 0.777. The van der Waals surface area contributed by atoms with Crippen molar-refractivity contribution in [1.82, 2.24) is 9.62 Å². The molecule has 0 radical (unpaired) electrons. The summed E-state index contributed by atoms with van der Waals surface area (Å²) < 4.78 is 24.3. The first-order valence-corrected chi connectivity index (χ1v) is 4.88. The molecule has 1 spiro atoms. The van der Waals surface area contributed by atoms with Crippen LogP contribution in [0.4, 0.5) is 0 Å². The third-order valence-corrected chi connectivity index (χ3v) is 3.82. The summed E-state index contributed by atoms with van der Waals surface area (Å²) in [5.74, 6) is 0.288. The zero-order valence-corrected chi connectivity index (χ0v) is 6.61. The summed E-state index contributed by atoms with van der Waals surface area (Å²) in [6.07, 6.45) is 0. The van der Waals surface area contributed by atoms with Gasteiger partial charge in [-0.2, -0.15) is 0 Å². The molecule has 58 valence electrons. The van der Waals surface area contributed by atoms with Crippen molar-refractivity contribution < 1.29 is 8.42 Å². The Morgan fingerprint density at radius 3 is 2.40 bits per heavy atom. The van der Waals surface area contributed by atoms with E-state index in [-0.39, 0.29) is 11.3 Å². The van der Waals surface area contributed by atoms with Gasteiger partial charge in [-0.15, -0.1) is 0 Å². The van der Waals surface area contributed by atoms with Crippen LogP contribution in [0.15, 0.2) is 0 Å². The molecule has 1 N–H and O–H groups in total. The van der Waals surface area contributed by atoms with Crippen molar-refractivity contribution in [2.45, 2.75) is 5.54 Å². The monoisotopic (exact) mass is 162 g/mol. The first kappa shape index (κ1) is 6.57. The number of sulfonamides is 1. The van der Waals surface area contributed by atoms with Gasteiger partial charge >= 0.3 is 0 Å². The van der Waals surface area contributed by atoms with Gasteiger partial charge in [0.25, 0.3) is 0 Å². The van der Waals surface area contributed by atoms with Gasteiger partial charge in [0, 0.05) is 13.1 Å². The van der Waals surface area contributed by atoms with Crippen LogP contribution in [-0.4, -0.2) is 44.7 Å². The summed E-state index contributed by atoms with van der Waals surface area (Å²) in [4.78, 5) is 2.06. The average Bonchev–Trinajstić information content (AvgIpc) is 2.25. The lowest BCUT2D eigenvalue weighted by molar-refractivity contribution is 0.515. The Morgan fingerprint density at radius 1 is 1.60 bits per heavy atom. The van der Waals surface area contributed by atoms with Crippen LogP contribution in [0.1, 0.15) is 0 Å². The number of rotatable bonds is 0. The van der Waals surface area contributed by atoms with Crippen LogP contribution in [0.25, 0.3) is 0 Å². The summed E-state index contributed by atoms with van der Waals surface area (Å²) in [6.45, 7) is 1.52. The van der Waals surface area contributed by atoms with Gasteiger partial charge in [-0.25, -0.2) is 13.1 Å². The number of hydrogen-bond donors (Lipinski definition) is 1. The molecule has 0 bridgehead atoms. The van der Waals surface area contributed by atoms with Gasteiger partial charge in [0.05, 0.1) is 11.3 Å². The first-order chi connectivity index (χ1) is 4.54. The van der Waals surface area contributed by atoms with E-state index >= 15 is 0 Å².